The van der Waals surface area contributed by atoms with Crippen LogP contribution in [0.4, 0.5) is 0 Å². The van der Waals surface area contributed by atoms with E-state index in [0.717, 1.165) is 25.7 Å². The van der Waals surface area contributed by atoms with Crippen molar-refractivity contribution in [2.45, 2.75) is 50.6 Å². The van der Waals surface area contributed by atoms with Gasteiger partial charge in [0, 0.05) is 34.6 Å². The molecule has 2 fully saturated rings. The van der Waals surface area contributed by atoms with Crippen LogP contribution in [-0.2, 0) is 9.59 Å². The third kappa shape index (κ3) is 3.64. The first kappa shape index (κ1) is 16.6. The summed E-state index contributed by atoms with van der Waals surface area (Å²) in [6.45, 7) is 0.584. The third-order valence-electron chi connectivity index (χ3n) is 4.66. The summed E-state index contributed by atoms with van der Waals surface area (Å²) in [5, 5.41) is 4.04. The molecule has 4 nitrogen and oxygen atoms in total. The molecular formula is C17H20Cl2N2O2. The third-order valence-corrected chi connectivity index (χ3v) is 5.22. The fourth-order valence-corrected chi connectivity index (χ4v) is 3.82. The van der Waals surface area contributed by atoms with Crippen LogP contribution in [0.15, 0.2) is 18.2 Å². The van der Waals surface area contributed by atoms with Gasteiger partial charge < -0.3 is 10.2 Å². The van der Waals surface area contributed by atoms with Crippen LogP contribution >= 0.6 is 23.2 Å². The number of amides is 2. The lowest BCUT2D eigenvalue weighted by molar-refractivity contribution is -0.149. The van der Waals surface area contributed by atoms with Gasteiger partial charge in [0.1, 0.15) is 6.04 Å². The molecular weight excluding hydrogens is 335 g/mol. The Bertz CT molecular complexity index is 615. The number of nitrogens with one attached hydrogen (secondary N) is 1. The van der Waals surface area contributed by atoms with Gasteiger partial charge in [0.15, 0.2) is 0 Å². The van der Waals surface area contributed by atoms with E-state index in [1.54, 1.807) is 23.1 Å². The monoisotopic (exact) mass is 354 g/mol. The van der Waals surface area contributed by atoms with Gasteiger partial charge in [0.2, 0.25) is 11.8 Å². The van der Waals surface area contributed by atoms with Crippen LogP contribution in [-0.4, -0.2) is 29.3 Å². The normalized spacial score (nSPS) is 20.1. The lowest BCUT2D eigenvalue weighted by Crippen LogP contribution is -2.52. The fraction of sp³-hybridized carbons (Fsp3) is 0.529. The standard InChI is InChI=1S/C17H20Cl2N2O2/c18-11-6-7-13(14(19)10-11)16(21-9-8-15(21)22)17(23)20-12-4-2-1-3-5-12/h6-7,10,12,16H,1-5,8-9H2,(H,20,23)/t16-/m1/s1. The van der Waals surface area contributed by atoms with E-state index in [0.29, 0.717) is 28.6 Å². The van der Waals surface area contributed by atoms with E-state index in [-0.39, 0.29) is 17.9 Å². The molecule has 124 valence electrons. The maximum absolute atomic E-state index is 12.8. The molecule has 1 aromatic rings. The molecule has 0 bridgehead atoms. The lowest BCUT2D eigenvalue weighted by Gasteiger charge is -2.38. The van der Waals surface area contributed by atoms with Crippen molar-refractivity contribution in [1.29, 1.82) is 0 Å². The number of likely N-dealkylation sites (tertiary alicyclic amines) is 1. The topological polar surface area (TPSA) is 49.4 Å². The van der Waals surface area contributed by atoms with E-state index >= 15 is 0 Å². The molecule has 6 heteroatoms. The summed E-state index contributed by atoms with van der Waals surface area (Å²) in [5.41, 5.74) is 0.637. The van der Waals surface area contributed by atoms with Crippen molar-refractivity contribution in [1.82, 2.24) is 10.2 Å². The number of hydrogen-bond donors (Lipinski definition) is 1. The van der Waals surface area contributed by atoms with E-state index in [1.807, 2.05) is 0 Å². The number of carbonyl (C=O) groups is 2. The lowest BCUT2D eigenvalue weighted by atomic mass is 9.94. The van der Waals surface area contributed by atoms with Gasteiger partial charge in [-0.25, -0.2) is 0 Å². The van der Waals surface area contributed by atoms with Crippen molar-refractivity contribution in [3.8, 4) is 0 Å². The summed E-state index contributed by atoms with van der Waals surface area (Å²) in [6, 6.07) is 4.59. The minimum atomic E-state index is -0.664. The van der Waals surface area contributed by atoms with Crippen LogP contribution in [0.1, 0.15) is 50.1 Å². The number of nitrogens with zero attached hydrogens (tertiary/aromatic N) is 1. The zero-order valence-corrected chi connectivity index (χ0v) is 14.4. The average molecular weight is 355 g/mol. The molecule has 1 aliphatic heterocycles. The molecule has 1 atom stereocenters. The van der Waals surface area contributed by atoms with Gasteiger partial charge in [-0.3, -0.25) is 9.59 Å². The van der Waals surface area contributed by atoms with Crippen LogP contribution < -0.4 is 5.32 Å². The quantitative estimate of drug-likeness (QED) is 0.837. The molecule has 0 unspecified atom stereocenters. The van der Waals surface area contributed by atoms with Crippen LogP contribution in [0.5, 0.6) is 0 Å². The molecule has 2 amide bonds. The predicted molar refractivity (Wildman–Crippen MR) is 90.5 cm³/mol. The summed E-state index contributed by atoms with van der Waals surface area (Å²) in [4.78, 5) is 26.3. The summed E-state index contributed by atoms with van der Waals surface area (Å²) in [5.74, 6) is -0.158. The molecule has 1 aromatic carbocycles. The van der Waals surface area contributed by atoms with E-state index in [1.165, 1.54) is 6.42 Å². The molecule has 1 N–H and O–H groups in total. The summed E-state index contributed by atoms with van der Waals surface area (Å²) in [6.07, 6.45) is 5.99. The molecule has 3 rings (SSSR count). The van der Waals surface area contributed by atoms with E-state index < -0.39 is 6.04 Å². The van der Waals surface area contributed by atoms with Crippen molar-refractivity contribution < 1.29 is 9.59 Å². The maximum Gasteiger partial charge on any atom is 0.247 e. The highest BCUT2D eigenvalue weighted by Gasteiger charge is 2.38. The number of hydrogen-bond acceptors (Lipinski definition) is 2. The van der Waals surface area contributed by atoms with Gasteiger partial charge >= 0.3 is 0 Å². The van der Waals surface area contributed by atoms with E-state index in [4.69, 9.17) is 23.2 Å². The smallest absolute Gasteiger partial charge is 0.247 e. The highest BCUT2D eigenvalue weighted by atomic mass is 35.5. The van der Waals surface area contributed by atoms with Crippen LogP contribution in [0.2, 0.25) is 10.0 Å². The van der Waals surface area contributed by atoms with Crippen molar-refractivity contribution in [3.63, 3.8) is 0 Å². The number of halogens is 2. The Morgan fingerprint density at radius 1 is 1.22 bits per heavy atom. The molecule has 0 radical (unpaired) electrons. The van der Waals surface area contributed by atoms with Crippen molar-refractivity contribution >= 4 is 35.0 Å². The highest BCUT2D eigenvalue weighted by Crippen LogP contribution is 2.33. The predicted octanol–water partition coefficient (Wildman–Crippen LogP) is 3.72. The first-order chi connectivity index (χ1) is 11.1. The van der Waals surface area contributed by atoms with Crippen LogP contribution in [0, 0.1) is 0 Å². The Morgan fingerprint density at radius 3 is 2.52 bits per heavy atom. The Hall–Kier alpha value is -1.26. The second-order valence-corrected chi connectivity index (χ2v) is 7.09. The maximum atomic E-state index is 12.8. The second-order valence-electron chi connectivity index (χ2n) is 6.25. The van der Waals surface area contributed by atoms with Crippen LogP contribution in [0.3, 0.4) is 0 Å². The number of β-lactam (4-membered cyclic amide) rings is 1. The zero-order chi connectivity index (χ0) is 16.4. The van der Waals surface area contributed by atoms with Gasteiger partial charge in [0.05, 0.1) is 0 Å². The average Bonchev–Trinajstić information content (AvgIpc) is 2.52. The van der Waals surface area contributed by atoms with E-state index in [2.05, 4.69) is 5.32 Å². The molecule has 1 heterocycles. The molecule has 1 saturated carbocycles. The Morgan fingerprint density at radius 2 is 1.96 bits per heavy atom. The van der Waals surface area contributed by atoms with Gasteiger partial charge in [0.25, 0.3) is 0 Å². The second kappa shape index (κ2) is 7.10. The van der Waals surface area contributed by atoms with Gasteiger partial charge in [-0.15, -0.1) is 0 Å². The van der Waals surface area contributed by atoms with Gasteiger partial charge in [-0.2, -0.15) is 0 Å². The number of rotatable bonds is 4. The Balaban J connectivity index is 1.83. The number of carbonyl (C=O) groups excluding carboxylic acids is 2. The zero-order valence-electron chi connectivity index (χ0n) is 12.9. The SMILES string of the molecule is O=C(NC1CCCCC1)[C@@H](c1ccc(Cl)cc1Cl)N1CCC1=O. The Kier molecular flexibility index (Phi) is 5.12. The van der Waals surface area contributed by atoms with Gasteiger partial charge in [-0.05, 0) is 25.0 Å². The first-order valence-electron chi connectivity index (χ1n) is 8.11. The van der Waals surface area contributed by atoms with Gasteiger partial charge in [-0.1, -0.05) is 48.5 Å². The Labute approximate surface area is 146 Å². The van der Waals surface area contributed by atoms with Crippen molar-refractivity contribution in [3.05, 3.63) is 33.8 Å². The van der Waals surface area contributed by atoms with Crippen LogP contribution in [0.25, 0.3) is 0 Å². The first-order valence-corrected chi connectivity index (χ1v) is 8.86. The minimum Gasteiger partial charge on any atom is -0.351 e. The molecule has 1 saturated heterocycles. The summed E-state index contributed by atoms with van der Waals surface area (Å²) in [7, 11) is 0. The highest BCUT2D eigenvalue weighted by molar-refractivity contribution is 6.35. The largest absolute Gasteiger partial charge is 0.351 e. The van der Waals surface area contributed by atoms with Crippen molar-refractivity contribution in [2.75, 3.05) is 6.54 Å². The fourth-order valence-electron chi connectivity index (χ4n) is 3.31. The minimum absolute atomic E-state index is 0.0141. The molecule has 2 aliphatic rings. The molecule has 0 spiro atoms. The molecule has 1 aliphatic carbocycles. The summed E-state index contributed by atoms with van der Waals surface area (Å²) >= 11 is 12.2. The van der Waals surface area contributed by atoms with E-state index in [9.17, 15) is 9.59 Å². The molecule has 0 aromatic heterocycles. The molecule has 23 heavy (non-hydrogen) atoms. The number of benzene rings is 1. The summed E-state index contributed by atoms with van der Waals surface area (Å²) < 4.78 is 0. The van der Waals surface area contributed by atoms with Crippen molar-refractivity contribution in [2.24, 2.45) is 0 Å².